The van der Waals surface area contributed by atoms with Crippen molar-refractivity contribution in [2.45, 2.75) is 19.8 Å². The molecule has 0 fully saturated rings. The lowest BCUT2D eigenvalue weighted by Crippen LogP contribution is -2.46. The van der Waals surface area contributed by atoms with E-state index in [9.17, 15) is 19.1 Å². The topological polar surface area (TPSA) is 99.1 Å². The number of ether oxygens (including phenoxy) is 1. The van der Waals surface area contributed by atoms with Gasteiger partial charge in [-0.15, -0.1) is 0 Å². The second-order valence-corrected chi connectivity index (χ2v) is 5.64. The van der Waals surface area contributed by atoms with Gasteiger partial charge in [0, 0.05) is 13.1 Å². The number of carbonyl (C=O) groups excluding carboxylic acids is 1. The molecule has 1 aromatic rings. The van der Waals surface area contributed by atoms with E-state index in [1.807, 2.05) is 0 Å². The second kappa shape index (κ2) is 7.28. The number of benzene rings is 1. The molecule has 1 aromatic carbocycles. The Labute approximate surface area is 117 Å². The van der Waals surface area contributed by atoms with Crippen molar-refractivity contribution in [1.29, 1.82) is 0 Å². The van der Waals surface area contributed by atoms with Crippen LogP contribution in [0.2, 0.25) is 0 Å². The maximum Gasteiger partial charge on any atom is 0.386 e. The van der Waals surface area contributed by atoms with E-state index >= 15 is 0 Å². The van der Waals surface area contributed by atoms with Crippen molar-refractivity contribution >= 4 is 13.6 Å². The van der Waals surface area contributed by atoms with Gasteiger partial charge < -0.3 is 19.4 Å². The van der Waals surface area contributed by atoms with E-state index in [4.69, 9.17) is 4.74 Å². The van der Waals surface area contributed by atoms with Gasteiger partial charge in [-0.25, -0.2) is 4.79 Å². The molecule has 8 heteroatoms. The predicted molar refractivity (Wildman–Crippen MR) is 74.4 cm³/mol. The molecule has 0 radical (unpaired) electrons. The van der Waals surface area contributed by atoms with Crippen LogP contribution in [-0.2, 0) is 4.57 Å². The summed E-state index contributed by atoms with van der Waals surface area (Å²) in [6.45, 7) is 4.41. The Morgan fingerprint density at radius 1 is 1.30 bits per heavy atom. The molecule has 0 heterocycles. The smallest absolute Gasteiger partial charge is 0.386 e. The molecule has 0 spiro atoms. The molecule has 0 saturated carbocycles. The van der Waals surface area contributed by atoms with E-state index in [0.29, 0.717) is 13.1 Å². The van der Waals surface area contributed by atoms with Gasteiger partial charge in [-0.05, 0) is 26.0 Å². The van der Waals surface area contributed by atoms with Crippen molar-refractivity contribution in [3.8, 4) is 5.75 Å². The van der Waals surface area contributed by atoms with Crippen LogP contribution in [0.5, 0.6) is 5.75 Å². The number of nitrogens with one attached hydrogen (secondary N) is 1. The first-order valence-corrected chi connectivity index (χ1v) is 7.89. The van der Waals surface area contributed by atoms with Crippen LogP contribution in [0.15, 0.2) is 30.3 Å². The molecule has 7 nitrogen and oxygen atoms in total. The fraction of sp³-hybridized carbons (Fsp3) is 0.417. The monoisotopic (exact) mass is 302 g/mol. The molecule has 1 unspecified atom stereocenters. The van der Waals surface area contributed by atoms with Crippen molar-refractivity contribution in [3.63, 3.8) is 0 Å². The van der Waals surface area contributed by atoms with Gasteiger partial charge in [-0.1, -0.05) is 18.2 Å². The molecule has 20 heavy (non-hydrogen) atoms. The standard InChI is InChI=1S/C12H19N2O5P/c1-3-14(4-2)11(15)13-12(20(16,17)18)19-10-8-6-5-7-9-10/h5-9,12H,3-4H2,1-2H3,(H,13,15)(H2,16,17,18). The van der Waals surface area contributed by atoms with Gasteiger partial charge in [0.05, 0.1) is 0 Å². The molecule has 0 aliphatic carbocycles. The number of amides is 2. The summed E-state index contributed by atoms with van der Waals surface area (Å²) in [5.74, 6) is -1.45. The van der Waals surface area contributed by atoms with Crippen molar-refractivity contribution in [3.05, 3.63) is 30.3 Å². The first-order chi connectivity index (χ1) is 9.38. The summed E-state index contributed by atoms with van der Waals surface area (Å²) in [6, 6.07) is 7.59. The number of hydrogen-bond donors (Lipinski definition) is 3. The highest BCUT2D eigenvalue weighted by Gasteiger charge is 2.33. The fourth-order valence-electron chi connectivity index (χ4n) is 1.52. The lowest BCUT2D eigenvalue weighted by atomic mass is 10.3. The van der Waals surface area contributed by atoms with Gasteiger partial charge in [0.1, 0.15) is 5.75 Å². The highest BCUT2D eigenvalue weighted by molar-refractivity contribution is 7.52. The van der Waals surface area contributed by atoms with E-state index in [1.165, 1.54) is 4.90 Å². The first kappa shape index (κ1) is 16.5. The zero-order valence-electron chi connectivity index (χ0n) is 11.4. The average molecular weight is 302 g/mol. The van der Waals surface area contributed by atoms with E-state index in [2.05, 4.69) is 5.32 Å². The Kier molecular flexibility index (Phi) is 6.01. The van der Waals surface area contributed by atoms with Gasteiger partial charge >= 0.3 is 13.6 Å². The average Bonchev–Trinajstić information content (AvgIpc) is 2.39. The van der Waals surface area contributed by atoms with E-state index < -0.39 is 19.6 Å². The van der Waals surface area contributed by atoms with Gasteiger partial charge in [0.25, 0.3) is 5.97 Å². The molecule has 3 N–H and O–H groups in total. The summed E-state index contributed by atoms with van der Waals surface area (Å²) in [5.41, 5.74) is 0. The molecule has 0 bridgehead atoms. The SMILES string of the molecule is CCN(CC)C(=O)NC(Oc1ccccc1)P(=O)(O)O. The molecule has 1 atom stereocenters. The fourth-order valence-corrected chi connectivity index (χ4v) is 2.06. The number of urea groups is 1. The van der Waals surface area contributed by atoms with Crippen LogP contribution in [0.3, 0.4) is 0 Å². The number of rotatable bonds is 6. The summed E-state index contributed by atoms with van der Waals surface area (Å²) < 4.78 is 16.6. The normalized spacial score (nSPS) is 12.6. The quantitative estimate of drug-likeness (QED) is 0.547. The molecular formula is C12H19N2O5P. The van der Waals surface area contributed by atoms with Crippen molar-refractivity contribution in [2.75, 3.05) is 13.1 Å². The number of carbonyl (C=O) groups is 1. The van der Waals surface area contributed by atoms with Crippen LogP contribution in [0.4, 0.5) is 4.79 Å². The summed E-state index contributed by atoms with van der Waals surface area (Å²) in [5, 5.41) is 2.21. The van der Waals surface area contributed by atoms with Crippen molar-refractivity contribution in [1.82, 2.24) is 10.2 Å². The minimum absolute atomic E-state index is 0.265. The third-order valence-corrected chi connectivity index (χ3v) is 3.44. The zero-order chi connectivity index (χ0) is 15.2. The first-order valence-electron chi connectivity index (χ1n) is 6.20. The van der Waals surface area contributed by atoms with E-state index in [-0.39, 0.29) is 5.75 Å². The Bertz CT molecular complexity index is 472. The summed E-state index contributed by atoms with van der Waals surface area (Å²) in [4.78, 5) is 31.8. The van der Waals surface area contributed by atoms with Crippen LogP contribution in [0.25, 0.3) is 0 Å². The van der Waals surface area contributed by atoms with Gasteiger partial charge in [0.15, 0.2) is 0 Å². The maximum atomic E-state index is 11.8. The minimum Gasteiger partial charge on any atom is -0.458 e. The molecule has 1 rings (SSSR count). The van der Waals surface area contributed by atoms with Crippen LogP contribution in [0.1, 0.15) is 13.8 Å². The third kappa shape index (κ3) is 4.85. The van der Waals surface area contributed by atoms with Crippen LogP contribution in [0, 0.1) is 0 Å². The van der Waals surface area contributed by atoms with Crippen LogP contribution < -0.4 is 10.1 Å². The van der Waals surface area contributed by atoms with E-state index in [1.54, 1.807) is 44.2 Å². The predicted octanol–water partition coefficient (Wildman–Crippen LogP) is 1.58. The summed E-state index contributed by atoms with van der Waals surface area (Å²) in [7, 11) is -4.64. The zero-order valence-corrected chi connectivity index (χ0v) is 12.3. The second-order valence-electron chi connectivity index (χ2n) is 3.99. The lowest BCUT2D eigenvalue weighted by Gasteiger charge is -2.25. The highest BCUT2D eigenvalue weighted by Crippen LogP contribution is 2.40. The van der Waals surface area contributed by atoms with Crippen molar-refractivity contribution < 1.29 is 23.9 Å². The van der Waals surface area contributed by atoms with Crippen LogP contribution in [-0.4, -0.2) is 39.8 Å². The summed E-state index contributed by atoms with van der Waals surface area (Å²) in [6.07, 6.45) is 0. The summed E-state index contributed by atoms with van der Waals surface area (Å²) >= 11 is 0. The third-order valence-electron chi connectivity index (χ3n) is 2.59. The Hall–Kier alpha value is -1.56. The number of nitrogens with zero attached hydrogens (tertiary/aromatic N) is 1. The molecule has 0 aliphatic heterocycles. The van der Waals surface area contributed by atoms with Gasteiger partial charge in [-0.2, -0.15) is 0 Å². The maximum absolute atomic E-state index is 11.8. The van der Waals surface area contributed by atoms with E-state index in [0.717, 1.165) is 0 Å². The molecule has 0 aromatic heterocycles. The Balaban J connectivity index is 2.81. The molecule has 112 valence electrons. The number of para-hydroxylation sites is 1. The Morgan fingerprint density at radius 2 is 1.85 bits per heavy atom. The largest absolute Gasteiger partial charge is 0.458 e. The lowest BCUT2D eigenvalue weighted by molar-refractivity contribution is 0.163. The molecule has 0 saturated heterocycles. The molecular weight excluding hydrogens is 283 g/mol. The minimum atomic E-state index is -4.64. The molecule has 2 amide bonds. The molecule has 0 aliphatic rings. The van der Waals surface area contributed by atoms with Gasteiger partial charge in [0.2, 0.25) is 0 Å². The van der Waals surface area contributed by atoms with Crippen LogP contribution >= 0.6 is 7.60 Å². The van der Waals surface area contributed by atoms with Crippen molar-refractivity contribution in [2.24, 2.45) is 0 Å². The number of hydrogen-bond acceptors (Lipinski definition) is 3. The Morgan fingerprint density at radius 3 is 2.30 bits per heavy atom. The van der Waals surface area contributed by atoms with Gasteiger partial charge in [-0.3, -0.25) is 9.88 Å². The highest BCUT2D eigenvalue weighted by atomic mass is 31.2.